The van der Waals surface area contributed by atoms with Crippen LogP contribution in [0.1, 0.15) is 12.8 Å². The number of carbonyl (C=O) groups excluding carboxylic acids is 2. The lowest BCUT2D eigenvalue weighted by Crippen LogP contribution is -2.37. The first kappa shape index (κ1) is 18.5. The third-order valence-electron chi connectivity index (χ3n) is 4.33. The summed E-state index contributed by atoms with van der Waals surface area (Å²) in [6.45, 7) is 0. The maximum absolute atomic E-state index is 12.7. The second-order valence-corrected chi connectivity index (χ2v) is 7.02. The lowest BCUT2D eigenvalue weighted by molar-refractivity contribution is -0.129. The van der Waals surface area contributed by atoms with Gasteiger partial charge in [-0.05, 0) is 61.4 Å². The summed E-state index contributed by atoms with van der Waals surface area (Å²) in [6, 6.07) is 13.8. The molecule has 0 heterocycles. The Balaban J connectivity index is 1.69. The number of anilines is 2. The molecule has 1 aliphatic rings. The molecule has 0 aromatic heterocycles. The van der Waals surface area contributed by atoms with Crippen LogP contribution in [0.4, 0.5) is 11.4 Å². The van der Waals surface area contributed by atoms with Gasteiger partial charge in [0, 0.05) is 21.4 Å². The van der Waals surface area contributed by atoms with Gasteiger partial charge in [-0.25, -0.2) is 0 Å². The molecule has 2 N–H and O–H groups in total. The van der Waals surface area contributed by atoms with E-state index < -0.39 is 11.8 Å². The molecule has 1 aliphatic carbocycles. The Labute approximate surface area is 162 Å². The summed E-state index contributed by atoms with van der Waals surface area (Å²) in [6.07, 6.45) is 4.94. The zero-order valence-electron chi connectivity index (χ0n) is 13.9. The summed E-state index contributed by atoms with van der Waals surface area (Å²) < 4.78 is 0. The molecule has 134 valence electrons. The van der Waals surface area contributed by atoms with Crippen LogP contribution in [0.5, 0.6) is 0 Å². The Morgan fingerprint density at radius 1 is 0.692 bits per heavy atom. The van der Waals surface area contributed by atoms with Gasteiger partial charge in [0.15, 0.2) is 0 Å². The first-order valence-electron chi connectivity index (χ1n) is 8.31. The molecule has 0 radical (unpaired) electrons. The van der Waals surface area contributed by atoms with E-state index in [9.17, 15) is 9.59 Å². The van der Waals surface area contributed by atoms with Crippen molar-refractivity contribution in [3.8, 4) is 0 Å². The quantitative estimate of drug-likeness (QED) is 0.711. The second kappa shape index (κ2) is 8.39. The van der Waals surface area contributed by atoms with Crippen LogP contribution in [0.2, 0.25) is 10.0 Å². The predicted octanol–water partition coefficient (Wildman–Crippen LogP) is 5.15. The lowest BCUT2D eigenvalue weighted by Gasteiger charge is -2.26. The highest BCUT2D eigenvalue weighted by Gasteiger charge is 2.34. The molecule has 3 rings (SSSR count). The van der Waals surface area contributed by atoms with E-state index in [-0.39, 0.29) is 11.8 Å². The minimum Gasteiger partial charge on any atom is -0.326 e. The minimum absolute atomic E-state index is 0.173. The molecule has 0 saturated heterocycles. The molecule has 0 aliphatic heterocycles. The van der Waals surface area contributed by atoms with Gasteiger partial charge in [0.1, 0.15) is 0 Å². The molecule has 26 heavy (non-hydrogen) atoms. The van der Waals surface area contributed by atoms with Gasteiger partial charge in [0.25, 0.3) is 0 Å². The summed E-state index contributed by atoms with van der Waals surface area (Å²) in [5.74, 6) is -1.20. The van der Waals surface area contributed by atoms with Crippen LogP contribution in [0, 0.1) is 11.8 Å². The normalized spacial score (nSPS) is 19.0. The summed E-state index contributed by atoms with van der Waals surface area (Å²) >= 11 is 11.7. The summed E-state index contributed by atoms with van der Waals surface area (Å²) in [7, 11) is 0. The van der Waals surface area contributed by atoms with E-state index in [2.05, 4.69) is 10.6 Å². The van der Waals surface area contributed by atoms with Crippen molar-refractivity contribution in [1.82, 2.24) is 0 Å². The maximum atomic E-state index is 12.7. The van der Waals surface area contributed by atoms with Gasteiger partial charge in [-0.1, -0.05) is 35.4 Å². The molecular formula is C20H18Cl2N2O2. The molecule has 0 saturated carbocycles. The smallest absolute Gasteiger partial charge is 0.228 e. The van der Waals surface area contributed by atoms with Crippen molar-refractivity contribution < 1.29 is 9.59 Å². The van der Waals surface area contributed by atoms with Crippen LogP contribution in [-0.4, -0.2) is 11.8 Å². The first-order chi connectivity index (χ1) is 12.5. The molecule has 0 bridgehead atoms. The van der Waals surface area contributed by atoms with Crippen molar-refractivity contribution >= 4 is 46.4 Å². The SMILES string of the molecule is O=C(Nc1ccc(Cl)cc1)[C@@H]1CC=CC[C@H]1C(=O)Nc1ccc(Cl)cc1. The number of nitrogens with one attached hydrogen (secondary N) is 2. The summed E-state index contributed by atoms with van der Waals surface area (Å²) in [5.41, 5.74) is 1.32. The predicted molar refractivity (Wildman–Crippen MR) is 106 cm³/mol. The number of amides is 2. The maximum Gasteiger partial charge on any atom is 0.228 e. The zero-order chi connectivity index (χ0) is 18.5. The molecule has 2 amide bonds. The Hall–Kier alpha value is -2.30. The van der Waals surface area contributed by atoms with E-state index in [1.165, 1.54) is 0 Å². The van der Waals surface area contributed by atoms with Crippen molar-refractivity contribution in [2.45, 2.75) is 12.8 Å². The first-order valence-corrected chi connectivity index (χ1v) is 9.06. The number of carbonyl (C=O) groups is 2. The number of rotatable bonds is 4. The third kappa shape index (κ3) is 4.65. The van der Waals surface area contributed by atoms with Crippen LogP contribution in [-0.2, 0) is 9.59 Å². The highest BCUT2D eigenvalue weighted by atomic mass is 35.5. The fourth-order valence-electron chi connectivity index (χ4n) is 2.93. The molecule has 2 aromatic rings. The van der Waals surface area contributed by atoms with Gasteiger partial charge in [-0.2, -0.15) is 0 Å². The van der Waals surface area contributed by atoms with E-state index in [1.807, 2.05) is 12.2 Å². The van der Waals surface area contributed by atoms with Gasteiger partial charge in [-0.3, -0.25) is 9.59 Å². The Morgan fingerprint density at radius 3 is 1.38 bits per heavy atom. The van der Waals surface area contributed by atoms with Crippen molar-refractivity contribution in [2.75, 3.05) is 10.6 Å². The average Bonchev–Trinajstić information content (AvgIpc) is 2.65. The Morgan fingerprint density at radius 2 is 1.04 bits per heavy atom. The minimum atomic E-state index is -0.428. The highest BCUT2D eigenvalue weighted by Crippen LogP contribution is 2.29. The second-order valence-electron chi connectivity index (χ2n) is 6.15. The van der Waals surface area contributed by atoms with Crippen LogP contribution < -0.4 is 10.6 Å². The monoisotopic (exact) mass is 388 g/mol. The highest BCUT2D eigenvalue weighted by molar-refractivity contribution is 6.31. The third-order valence-corrected chi connectivity index (χ3v) is 4.83. The van der Waals surface area contributed by atoms with Crippen LogP contribution in [0.15, 0.2) is 60.7 Å². The molecule has 6 heteroatoms. The molecule has 0 spiro atoms. The van der Waals surface area contributed by atoms with Gasteiger partial charge in [0.05, 0.1) is 11.8 Å². The standard InChI is InChI=1S/C20H18Cl2N2O2/c21-13-5-9-15(10-6-13)23-19(25)17-3-1-2-4-18(17)20(26)24-16-11-7-14(22)8-12-16/h1-2,5-12,17-18H,3-4H2,(H,23,25)(H,24,26)/t17-,18-/m1/s1. The number of halogens is 2. The molecule has 4 nitrogen and oxygen atoms in total. The van der Waals surface area contributed by atoms with E-state index >= 15 is 0 Å². The average molecular weight is 389 g/mol. The number of hydrogen-bond acceptors (Lipinski definition) is 2. The van der Waals surface area contributed by atoms with Crippen LogP contribution in [0.3, 0.4) is 0 Å². The Bertz CT molecular complexity index is 747. The molecule has 2 atom stereocenters. The molecule has 0 fully saturated rings. The zero-order valence-corrected chi connectivity index (χ0v) is 15.4. The largest absolute Gasteiger partial charge is 0.326 e. The van der Waals surface area contributed by atoms with Crippen molar-refractivity contribution in [1.29, 1.82) is 0 Å². The van der Waals surface area contributed by atoms with Crippen LogP contribution in [0.25, 0.3) is 0 Å². The van der Waals surface area contributed by atoms with E-state index in [1.54, 1.807) is 48.5 Å². The van der Waals surface area contributed by atoms with E-state index in [0.29, 0.717) is 34.3 Å². The lowest BCUT2D eigenvalue weighted by atomic mass is 9.81. The van der Waals surface area contributed by atoms with Gasteiger partial charge < -0.3 is 10.6 Å². The summed E-state index contributed by atoms with van der Waals surface area (Å²) in [4.78, 5) is 25.4. The molecular weight excluding hydrogens is 371 g/mol. The fraction of sp³-hybridized carbons (Fsp3) is 0.200. The number of benzene rings is 2. The van der Waals surface area contributed by atoms with Crippen molar-refractivity contribution in [2.24, 2.45) is 11.8 Å². The van der Waals surface area contributed by atoms with Gasteiger partial charge >= 0.3 is 0 Å². The van der Waals surface area contributed by atoms with Crippen molar-refractivity contribution in [3.05, 3.63) is 70.7 Å². The van der Waals surface area contributed by atoms with E-state index in [0.717, 1.165) is 0 Å². The topological polar surface area (TPSA) is 58.2 Å². The fourth-order valence-corrected chi connectivity index (χ4v) is 3.18. The van der Waals surface area contributed by atoms with E-state index in [4.69, 9.17) is 23.2 Å². The van der Waals surface area contributed by atoms with Gasteiger partial charge in [0.2, 0.25) is 11.8 Å². The Kier molecular flexibility index (Phi) is 5.96. The number of allylic oxidation sites excluding steroid dienone is 2. The van der Waals surface area contributed by atoms with Crippen molar-refractivity contribution in [3.63, 3.8) is 0 Å². The molecule has 2 aromatic carbocycles. The number of hydrogen-bond donors (Lipinski definition) is 2. The van der Waals surface area contributed by atoms with Gasteiger partial charge in [-0.15, -0.1) is 0 Å². The summed E-state index contributed by atoms with van der Waals surface area (Å²) in [5, 5.41) is 6.93. The van der Waals surface area contributed by atoms with Crippen LogP contribution >= 0.6 is 23.2 Å². The molecule has 0 unspecified atom stereocenters.